The van der Waals surface area contributed by atoms with Gasteiger partial charge in [-0.05, 0) is 24.3 Å². The van der Waals surface area contributed by atoms with Crippen molar-refractivity contribution < 1.29 is 14.4 Å². The van der Waals surface area contributed by atoms with Gasteiger partial charge in [-0.2, -0.15) is 0 Å². The summed E-state index contributed by atoms with van der Waals surface area (Å²) in [6.07, 6.45) is 0. The highest BCUT2D eigenvalue weighted by atomic mass is 35.5. The van der Waals surface area contributed by atoms with E-state index in [1.807, 2.05) is 28.8 Å². The van der Waals surface area contributed by atoms with E-state index < -0.39 is 11.8 Å². The lowest BCUT2D eigenvalue weighted by Gasteiger charge is -2.18. The molecule has 0 radical (unpaired) electrons. The number of aromatic nitrogens is 2. The Morgan fingerprint density at radius 2 is 1.64 bits per heavy atom. The minimum absolute atomic E-state index is 0.154. The van der Waals surface area contributed by atoms with Crippen LogP contribution in [0.4, 0.5) is 5.95 Å². The molecule has 9 heteroatoms. The molecule has 3 amide bonds. The molecule has 1 aromatic heterocycles. The van der Waals surface area contributed by atoms with Crippen LogP contribution in [0.2, 0.25) is 10.0 Å². The van der Waals surface area contributed by atoms with Gasteiger partial charge in [-0.1, -0.05) is 35.3 Å². The maximum atomic E-state index is 12.9. The molecule has 0 N–H and O–H groups in total. The smallest absolute Gasteiger partial charge is 0.262 e. The van der Waals surface area contributed by atoms with Crippen LogP contribution in [0, 0.1) is 0 Å². The molecule has 0 fully saturated rings. The quantitative estimate of drug-likeness (QED) is 0.604. The maximum Gasteiger partial charge on any atom is 0.262 e. The van der Waals surface area contributed by atoms with Crippen LogP contribution >= 0.6 is 23.2 Å². The normalized spacial score (nSPS) is 15.5. The molecule has 140 valence electrons. The van der Waals surface area contributed by atoms with Gasteiger partial charge >= 0.3 is 0 Å². The summed E-state index contributed by atoms with van der Waals surface area (Å²) in [5.74, 6) is -0.964. The Morgan fingerprint density at radius 1 is 1.00 bits per heavy atom. The summed E-state index contributed by atoms with van der Waals surface area (Å²) in [6, 6.07) is 10.3. The number of imidazole rings is 1. The van der Waals surface area contributed by atoms with Gasteiger partial charge in [0, 0.05) is 13.1 Å². The summed E-state index contributed by atoms with van der Waals surface area (Å²) in [5, 5.41) is 0.367. The lowest BCUT2D eigenvalue weighted by atomic mass is 10.1. The van der Waals surface area contributed by atoms with Crippen molar-refractivity contribution in [3.63, 3.8) is 0 Å². The van der Waals surface area contributed by atoms with Gasteiger partial charge in [-0.15, -0.1) is 0 Å². The minimum Gasteiger partial charge on any atom is -0.308 e. The minimum atomic E-state index is -0.556. The molecule has 0 aliphatic carbocycles. The van der Waals surface area contributed by atoms with Crippen LogP contribution < -0.4 is 4.90 Å². The number of hydrogen-bond acceptors (Lipinski definition) is 4. The van der Waals surface area contributed by atoms with Crippen LogP contribution in [0.25, 0.3) is 11.0 Å². The van der Waals surface area contributed by atoms with Crippen LogP contribution in [0.3, 0.4) is 0 Å². The maximum absolute atomic E-state index is 12.9. The zero-order valence-electron chi connectivity index (χ0n) is 14.4. The molecule has 5 rings (SSSR count). The number of hydrogen-bond donors (Lipinski definition) is 0. The van der Waals surface area contributed by atoms with E-state index in [2.05, 4.69) is 4.98 Å². The van der Waals surface area contributed by atoms with E-state index in [1.54, 1.807) is 0 Å². The van der Waals surface area contributed by atoms with E-state index in [4.69, 9.17) is 23.2 Å². The average Bonchev–Trinajstić information content (AvgIpc) is 3.31. The predicted octanol–water partition coefficient (Wildman–Crippen LogP) is 2.99. The molecular weight excluding hydrogens is 403 g/mol. The van der Waals surface area contributed by atoms with Crippen molar-refractivity contribution in [2.75, 3.05) is 18.0 Å². The number of nitrogens with zero attached hydrogens (tertiary/aromatic N) is 4. The number of imide groups is 1. The molecule has 2 aliphatic heterocycles. The lowest BCUT2D eigenvalue weighted by molar-refractivity contribution is -0.118. The fraction of sp³-hybridized carbons (Fsp3) is 0.158. The van der Waals surface area contributed by atoms with E-state index in [1.165, 1.54) is 17.0 Å². The van der Waals surface area contributed by atoms with Gasteiger partial charge < -0.3 is 4.57 Å². The van der Waals surface area contributed by atoms with E-state index in [0.717, 1.165) is 15.9 Å². The average molecular weight is 415 g/mol. The van der Waals surface area contributed by atoms with Gasteiger partial charge in [0.05, 0.1) is 32.2 Å². The van der Waals surface area contributed by atoms with Crippen LogP contribution in [0.15, 0.2) is 36.4 Å². The second kappa shape index (κ2) is 6.05. The Hall–Kier alpha value is -2.90. The molecule has 0 unspecified atom stereocenters. The second-order valence-electron chi connectivity index (χ2n) is 6.61. The number of carbonyl (C=O) groups excluding carboxylic acids is 3. The number of anilines is 1. The fourth-order valence-corrected chi connectivity index (χ4v) is 4.00. The topological polar surface area (TPSA) is 75.5 Å². The standard InChI is InChI=1S/C19H12Cl2N4O3/c20-12-7-10-11(8-13(12)21)18(28)25(17(10)27)9-16(26)24-6-5-23-15-4-2-1-3-14(15)22-19(23)24/h1-4,7-8H,5-6,9H2. The largest absolute Gasteiger partial charge is 0.308 e. The molecule has 3 heterocycles. The van der Waals surface area contributed by atoms with Crippen LogP contribution in [-0.4, -0.2) is 45.3 Å². The Balaban J connectivity index is 1.43. The molecule has 0 saturated carbocycles. The summed E-state index contributed by atoms with van der Waals surface area (Å²) < 4.78 is 1.95. The molecule has 7 nitrogen and oxygen atoms in total. The highest BCUT2D eigenvalue weighted by Crippen LogP contribution is 2.32. The first kappa shape index (κ1) is 17.2. The summed E-state index contributed by atoms with van der Waals surface area (Å²) in [5.41, 5.74) is 2.04. The fourth-order valence-electron chi connectivity index (χ4n) is 3.67. The van der Waals surface area contributed by atoms with Gasteiger partial charge in [-0.3, -0.25) is 24.2 Å². The van der Waals surface area contributed by atoms with Crippen molar-refractivity contribution in [2.45, 2.75) is 6.54 Å². The molecule has 0 spiro atoms. The van der Waals surface area contributed by atoms with Gasteiger partial charge in [0.1, 0.15) is 6.54 Å². The van der Waals surface area contributed by atoms with Crippen LogP contribution in [0.5, 0.6) is 0 Å². The number of halogens is 2. The first-order valence-electron chi connectivity index (χ1n) is 8.56. The Bertz CT molecular complexity index is 1160. The van der Waals surface area contributed by atoms with E-state index in [-0.39, 0.29) is 33.6 Å². The number of rotatable bonds is 2. The summed E-state index contributed by atoms with van der Waals surface area (Å²) in [4.78, 5) is 45.1. The Morgan fingerprint density at radius 3 is 2.32 bits per heavy atom. The van der Waals surface area contributed by atoms with Gasteiger partial charge in [-0.25, -0.2) is 4.98 Å². The van der Waals surface area contributed by atoms with Gasteiger partial charge in [0.25, 0.3) is 11.8 Å². The number of fused-ring (bicyclic) bond motifs is 4. The molecule has 0 atom stereocenters. The third-order valence-corrected chi connectivity index (χ3v) is 5.75. The van der Waals surface area contributed by atoms with Gasteiger partial charge in [0.2, 0.25) is 11.9 Å². The SMILES string of the molecule is O=C1c2cc(Cl)c(Cl)cc2C(=O)N1CC(=O)N1CCn2c1nc1ccccc12. The lowest BCUT2D eigenvalue weighted by Crippen LogP contribution is -2.42. The molecule has 2 aliphatic rings. The highest BCUT2D eigenvalue weighted by Gasteiger charge is 2.39. The first-order valence-corrected chi connectivity index (χ1v) is 9.32. The highest BCUT2D eigenvalue weighted by molar-refractivity contribution is 6.43. The Kier molecular flexibility index (Phi) is 3.72. The van der Waals surface area contributed by atoms with Crippen molar-refractivity contribution in [3.8, 4) is 0 Å². The number of benzene rings is 2. The van der Waals surface area contributed by atoms with Crippen molar-refractivity contribution in [1.82, 2.24) is 14.5 Å². The first-order chi connectivity index (χ1) is 13.5. The van der Waals surface area contributed by atoms with Crippen molar-refractivity contribution >= 4 is 57.9 Å². The molecule has 3 aromatic rings. The van der Waals surface area contributed by atoms with E-state index in [9.17, 15) is 14.4 Å². The predicted molar refractivity (Wildman–Crippen MR) is 104 cm³/mol. The summed E-state index contributed by atoms with van der Waals surface area (Å²) in [7, 11) is 0. The number of para-hydroxylation sites is 2. The number of amides is 3. The van der Waals surface area contributed by atoms with E-state index >= 15 is 0 Å². The van der Waals surface area contributed by atoms with Crippen molar-refractivity contribution in [3.05, 3.63) is 57.6 Å². The third-order valence-electron chi connectivity index (χ3n) is 5.03. The second-order valence-corrected chi connectivity index (χ2v) is 7.42. The molecular formula is C19H12Cl2N4O3. The molecule has 0 bridgehead atoms. The van der Waals surface area contributed by atoms with Crippen LogP contribution in [-0.2, 0) is 11.3 Å². The molecule has 2 aromatic carbocycles. The van der Waals surface area contributed by atoms with E-state index in [0.29, 0.717) is 19.0 Å². The summed E-state index contributed by atoms with van der Waals surface area (Å²) in [6.45, 7) is 0.673. The summed E-state index contributed by atoms with van der Waals surface area (Å²) >= 11 is 11.9. The van der Waals surface area contributed by atoms with Gasteiger partial charge in [0.15, 0.2) is 0 Å². The van der Waals surface area contributed by atoms with Crippen molar-refractivity contribution in [1.29, 1.82) is 0 Å². The third kappa shape index (κ3) is 2.36. The van der Waals surface area contributed by atoms with Crippen molar-refractivity contribution in [2.24, 2.45) is 0 Å². The molecule has 0 saturated heterocycles. The molecule has 28 heavy (non-hydrogen) atoms. The zero-order chi connectivity index (χ0) is 19.6. The monoisotopic (exact) mass is 414 g/mol. The number of carbonyl (C=O) groups is 3. The zero-order valence-corrected chi connectivity index (χ0v) is 15.9. The van der Waals surface area contributed by atoms with Crippen LogP contribution in [0.1, 0.15) is 20.7 Å². The Labute approximate surface area is 169 Å².